The molecule has 0 aliphatic heterocycles. The fourth-order valence-corrected chi connectivity index (χ4v) is 2.08. The molecule has 3 nitrogen and oxygen atoms in total. The fourth-order valence-electron chi connectivity index (χ4n) is 2.08. The summed E-state index contributed by atoms with van der Waals surface area (Å²) < 4.78 is 0. The van der Waals surface area contributed by atoms with Crippen LogP contribution in [0.15, 0.2) is 12.1 Å². The minimum atomic E-state index is 0.946. The van der Waals surface area contributed by atoms with E-state index in [2.05, 4.69) is 75.2 Å². The third-order valence-electron chi connectivity index (χ3n) is 2.51. The Morgan fingerprint density at radius 2 is 1.11 bits per heavy atom. The van der Waals surface area contributed by atoms with Crippen LogP contribution in [0, 0.1) is 6.07 Å². The van der Waals surface area contributed by atoms with E-state index in [0.29, 0.717) is 0 Å². The van der Waals surface area contributed by atoms with Gasteiger partial charge >= 0.3 is 0 Å². The van der Waals surface area contributed by atoms with Gasteiger partial charge in [-0.15, -0.1) is 0 Å². The molecule has 1 aromatic rings. The Hall–Kier alpha value is -0.900. The largest absolute Gasteiger partial charge is 0.305 e. The summed E-state index contributed by atoms with van der Waals surface area (Å²) in [7, 11) is 12.6. The van der Waals surface area contributed by atoms with Crippen LogP contribution < -0.4 is 0 Å². The molecule has 0 saturated heterocycles. The van der Waals surface area contributed by atoms with Crippen molar-refractivity contribution in [2.24, 2.45) is 0 Å². The van der Waals surface area contributed by atoms with Gasteiger partial charge < -0.3 is 14.7 Å². The van der Waals surface area contributed by atoms with Crippen molar-refractivity contribution in [3.05, 3.63) is 34.9 Å². The Kier molecular flexibility index (Phi) is 5.79. The summed E-state index contributed by atoms with van der Waals surface area (Å²) in [6, 6.07) is 8.04. The molecule has 0 atom stereocenters. The number of rotatable bonds is 6. The van der Waals surface area contributed by atoms with Crippen LogP contribution in [0.1, 0.15) is 16.7 Å². The van der Waals surface area contributed by atoms with Crippen molar-refractivity contribution in [1.29, 1.82) is 0 Å². The van der Waals surface area contributed by atoms with Crippen molar-refractivity contribution in [3.8, 4) is 0 Å². The molecular formula is C15H26N3. The molecule has 0 amide bonds. The molecule has 3 heteroatoms. The van der Waals surface area contributed by atoms with Crippen molar-refractivity contribution in [3.63, 3.8) is 0 Å². The number of hydrogen-bond acceptors (Lipinski definition) is 3. The zero-order valence-electron chi connectivity index (χ0n) is 12.6. The van der Waals surface area contributed by atoms with Crippen LogP contribution in [0.25, 0.3) is 0 Å². The molecule has 0 aliphatic carbocycles. The Morgan fingerprint density at radius 1 is 0.722 bits per heavy atom. The Morgan fingerprint density at radius 3 is 1.44 bits per heavy atom. The summed E-state index contributed by atoms with van der Waals surface area (Å²) in [5, 5.41) is 0. The minimum Gasteiger partial charge on any atom is -0.305 e. The molecule has 0 bridgehead atoms. The molecule has 1 aromatic carbocycles. The molecule has 1 rings (SSSR count). The van der Waals surface area contributed by atoms with E-state index >= 15 is 0 Å². The highest BCUT2D eigenvalue weighted by atomic mass is 15.1. The minimum absolute atomic E-state index is 0.946. The second-order valence-electron chi connectivity index (χ2n) is 5.75. The predicted octanol–water partition coefficient (Wildman–Crippen LogP) is 1.67. The van der Waals surface area contributed by atoms with Gasteiger partial charge in [0, 0.05) is 19.6 Å². The van der Waals surface area contributed by atoms with Gasteiger partial charge in [0.15, 0.2) is 0 Å². The topological polar surface area (TPSA) is 9.72 Å². The molecule has 18 heavy (non-hydrogen) atoms. The lowest BCUT2D eigenvalue weighted by Crippen LogP contribution is -2.16. The molecule has 0 aromatic heterocycles. The number of hydrogen-bond donors (Lipinski definition) is 0. The van der Waals surface area contributed by atoms with Crippen molar-refractivity contribution in [2.75, 3.05) is 42.3 Å². The molecule has 0 N–H and O–H groups in total. The van der Waals surface area contributed by atoms with E-state index in [9.17, 15) is 0 Å². The van der Waals surface area contributed by atoms with Crippen LogP contribution in [0.5, 0.6) is 0 Å². The number of nitrogens with zero attached hydrogens (tertiary/aromatic N) is 3. The van der Waals surface area contributed by atoms with Crippen molar-refractivity contribution < 1.29 is 0 Å². The molecular weight excluding hydrogens is 222 g/mol. The first-order valence-corrected chi connectivity index (χ1v) is 6.35. The highest BCUT2D eigenvalue weighted by Gasteiger charge is 2.05. The maximum absolute atomic E-state index is 3.52. The van der Waals surface area contributed by atoms with Gasteiger partial charge in [0.1, 0.15) is 0 Å². The van der Waals surface area contributed by atoms with Crippen LogP contribution in [-0.2, 0) is 19.6 Å². The zero-order chi connectivity index (χ0) is 13.7. The lowest BCUT2D eigenvalue weighted by molar-refractivity contribution is 0.388. The highest BCUT2D eigenvalue weighted by Crippen LogP contribution is 2.13. The Balaban J connectivity index is 2.95. The average Bonchev–Trinajstić information content (AvgIpc) is 2.12. The van der Waals surface area contributed by atoms with E-state index in [4.69, 9.17) is 0 Å². The highest BCUT2D eigenvalue weighted by molar-refractivity contribution is 5.29. The standard InChI is InChI=1S/C15H26N3/c1-16(2)10-13-7-14(11-17(3)4)9-15(8-13)12-18(5)6/h7-8H,10-12H2,1-6H3. The summed E-state index contributed by atoms with van der Waals surface area (Å²) >= 11 is 0. The summed E-state index contributed by atoms with van der Waals surface area (Å²) in [5.41, 5.74) is 3.92. The molecule has 0 heterocycles. The summed E-state index contributed by atoms with van der Waals surface area (Å²) in [6.45, 7) is 2.87. The van der Waals surface area contributed by atoms with E-state index < -0.39 is 0 Å². The van der Waals surface area contributed by atoms with Crippen molar-refractivity contribution in [2.45, 2.75) is 19.6 Å². The average molecular weight is 248 g/mol. The van der Waals surface area contributed by atoms with Crippen LogP contribution in [0.4, 0.5) is 0 Å². The second-order valence-corrected chi connectivity index (χ2v) is 5.75. The summed E-state index contributed by atoms with van der Waals surface area (Å²) in [4.78, 5) is 6.57. The third kappa shape index (κ3) is 5.63. The molecule has 0 aliphatic rings. The zero-order valence-corrected chi connectivity index (χ0v) is 12.6. The Labute approximate surface area is 112 Å². The Bertz CT molecular complexity index is 301. The third-order valence-corrected chi connectivity index (χ3v) is 2.51. The van der Waals surface area contributed by atoms with Gasteiger partial charge in [-0.25, -0.2) is 0 Å². The van der Waals surface area contributed by atoms with Gasteiger partial charge in [0.25, 0.3) is 0 Å². The first-order chi connectivity index (χ1) is 8.36. The lowest BCUT2D eigenvalue weighted by Gasteiger charge is -2.17. The predicted molar refractivity (Wildman–Crippen MR) is 77.5 cm³/mol. The smallest absolute Gasteiger partial charge is 0.0234 e. The maximum Gasteiger partial charge on any atom is 0.0234 e. The molecule has 0 fully saturated rings. The van der Waals surface area contributed by atoms with E-state index in [-0.39, 0.29) is 0 Å². The van der Waals surface area contributed by atoms with E-state index in [0.717, 1.165) is 19.6 Å². The fraction of sp³-hybridized carbons (Fsp3) is 0.600. The van der Waals surface area contributed by atoms with E-state index in [1.165, 1.54) is 16.7 Å². The van der Waals surface area contributed by atoms with E-state index in [1.807, 2.05) is 0 Å². The van der Waals surface area contributed by atoms with Gasteiger partial charge in [-0.3, -0.25) is 0 Å². The summed E-state index contributed by atoms with van der Waals surface area (Å²) in [5.74, 6) is 0. The van der Waals surface area contributed by atoms with Gasteiger partial charge in [-0.05, 0) is 65.0 Å². The van der Waals surface area contributed by atoms with E-state index in [1.54, 1.807) is 0 Å². The first-order valence-electron chi connectivity index (χ1n) is 6.35. The molecule has 0 saturated carbocycles. The van der Waals surface area contributed by atoms with Crippen molar-refractivity contribution >= 4 is 0 Å². The van der Waals surface area contributed by atoms with Crippen LogP contribution in [-0.4, -0.2) is 57.0 Å². The van der Waals surface area contributed by atoms with Crippen LogP contribution in [0.2, 0.25) is 0 Å². The van der Waals surface area contributed by atoms with Gasteiger partial charge in [-0.1, -0.05) is 12.1 Å². The SMILES string of the molecule is CN(C)Cc1[c]c(CN(C)C)cc(CN(C)C)c1. The van der Waals surface area contributed by atoms with Crippen LogP contribution in [0.3, 0.4) is 0 Å². The van der Waals surface area contributed by atoms with Gasteiger partial charge in [0.2, 0.25) is 0 Å². The number of benzene rings is 1. The molecule has 1 radical (unpaired) electrons. The quantitative estimate of drug-likeness (QED) is 0.758. The van der Waals surface area contributed by atoms with Gasteiger partial charge in [-0.2, -0.15) is 0 Å². The summed E-state index contributed by atoms with van der Waals surface area (Å²) in [6.07, 6.45) is 0. The molecule has 0 spiro atoms. The molecule has 101 valence electrons. The van der Waals surface area contributed by atoms with Gasteiger partial charge in [0.05, 0.1) is 0 Å². The maximum atomic E-state index is 3.52. The lowest BCUT2D eigenvalue weighted by atomic mass is 10.0. The van der Waals surface area contributed by atoms with Crippen LogP contribution >= 0.6 is 0 Å². The van der Waals surface area contributed by atoms with Crippen molar-refractivity contribution in [1.82, 2.24) is 14.7 Å². The monoisotopic (exact) mass is 248 g/mol. The normalized spacial score (nSPS) is 11.8. The first kappa shape index (κ1) is 15.2. The molecule has 0 unspecified atom stereocenters. The second kappa shape index (κ2) is 6.88.